The third kappa shape index (κ3) is 11.0. The highest BCUT2D eigenvalue weighted by Gasteiger charge is 2.24. The zero-order valence-electron chi connectivity index (χ0n) is 35.0. The molecule has 1 aliphatic carbocycles. The van der Waals surface area contributed by atoms with Gasteiger partial charge in [-0.1, -0.05) is 47.5 Å². The maximum atomic E-state index is 12.7. The molecule has 2 aromatic carbocycles. The number of fused-ring (bicyclic) bond motifs is 1. The number of ether oxygens (including phenoxy) is 3. The van der Waals surface area contributed by atoms with Crippen molar-refractivity contribution in [1.82, 2.24) is 19.7 Å². The number of nitrogens with one attached hydrogen (secondary N) is 2. The summed E-state index contributed by atoms with van der Waals surface area (Å²) in [5.41, 5.74) is 16.1. The molecule has 2 aromatic heterocycles. The van der Waals surface area contributed by atoms with Gasteiger partial charge in [-0.2, -0.15) is 5.10 Å². The quantitative estimate of drug-likeness (QED) is 0.0365. The Hall–Kier alpha value is -5.01. The van der Waals surface area contributed by atoms with Crippen molar-refractivity contribution in [2.45, 2.75) is 79.6 Å². The maximum Gasteiger partial charge on any atom is 0.337 e. The molecule has 0 radical (unpaired) electrons. The topological polar surface area (TPSA) is 155 Å². The summed E-state index contributed by atoms with van der Waals surface area (Å²) in [4.78, 5) is 24.0. The lowest BCUT2D eigenvalue weighted by Crippen LogP contribution is -2.21. The Balaban J connectivity index is 1.72. The first-order chi connectivity index (χ1) is 28.1. The van der Waals surface area contributed by atoms with E-state index in [1.165, 1.54) is 0 Å². The third-order valence-electron chi connectivity index (χ3n) is 10.2. The van der Waals surface area contributed by atoms with Gasteiger partial charge in [0.05, 0.1) is 52.8 Å². The molecule has 316 valence electrons. The number of rotatable bonds is 21. The third-order valence-corrected chi connectivity index (χ3v) is 11.1. The van der Waals surface area contributed by atoms with Gasteiger partial charge in [0.2, 0.25) is 6.41 Å². The highest BCUT2D eigenvalue weighted by Crippen LogP contribution is 2.44. The number of aryl methyl sites for hydroxylation is 2. The van der Waals surface area contributed by atoms with Crippen LogP contribution in [0.1, 0.15) is 79.8 Å². The van der Waals surface area contributed by atoms with Crippen LogP contribution in [0.15, 0.2) is 65.0 Å². The van der Waals surface area contributed by atoms with Gasteiger partial charge in [0, 0.05) is 77.0 Å². The molecule has 0 bridgehead atoms. The van der Waals surface area contributed by atoms with Crippen LogP contribution < -0.4 is 21.1 Å². The van der Waals surface area contributed by atoms with Crippen LogP contribution in [0.4, 0.5) is 5.69 Å². The van der Waals surface area contributed by atoms with Crippen LogP contribution >= 0.6 is 23.2 Å². The molecule has 0 fully saturated rings. The number of aromatic carboxylic acids is 1. The van der Waals surface area contributed by atoms with Gasteiger partial charge in [0.15, 0.2) is 0 Å². The van der Waals surface area contributed by atoms with E-state index in [2.05, 4.69) is 29.4 Å². The summed E-state index contributed by atoms with van der Waals surface area (Å²) in [6.45, 7) is 17.9. The van der Waals surface area contributed by atoms with Crippen molar-refractivity contribution in [3.63, 3.8) is 0 Å². The zero-order valence-corrected chi connectivity index (χ0v) is 36.5. The fourth-order valence-electron chi connectivity index (χ4n) is 7.54. The number of aromatic nitrogens is 3. The molecule has 0 saturated heterocycles. The number of benzene rings is 2. The minimum atomic E-state index is -1.08. The summed E-state index contributed by atoms with van der Waals surface area (Å²) in [5, 5.41) is 23.3. The predicted octanol–water partition coefficient (Wildman–Crippen LogP) is 9.01. The average molecular weight is 848 g/mol. The molecular weight excluding hydrogens is 791 g/mol. The van der Waals surface area contributed by atoms with E-state index in [-0.39, 0.29) is 30.9 Å². The highest BCUT2D eigenvalue weighted by molar-refractivity contribution is 6.34. The molecule has 12 nitrogen and oxygen atoms in total. The maximum absolute atomic E-state index is 12.7. The van der Waals surface area contributed by atoms with Crippen molar-refractivity contribution in [2.75, 3.05) is 38.2 Å². The molecule has 1 aliphatic rings. The number of hydrogen-bond donors (Lipinski definition) is 4. The summed E-state index contributed by atoms with van der Waals surface area (Å²) in [6.07, 6.45) is 8.25. The molecule has 2 heterocycles. The lowest BCUT2D eigenvalue weighted by atomic mass is 9.91. The van der Waals surface area contributed by atoms with Crippen LogP contribution in [0.5, 0.6) is 5.75 Å². The molecule has 0 aliphatic heterocycles. The Morgan fingerprint density at radius 1 is 1.10 bits per heavy atom. The summed E-state index contributed by atoms with van der Waals surface area (Å²) in [7, 11) is 1.90. The fraction of sp³-hybridized carbons (Fsp3) is 0.400. The molecule has 4 aromatic rings. The summed E-state index contributed by atoms with van der Waals surface area (Å²) in [5.74, 6) is -0.592. The van der Waals surface area contributed by atoms with E-state index in [0.717, 1.165) is 55.5 Å². The lowest BCUT2D eigenvalue weighted by Gasteiger charge is -2.23. The van der Waals surface area contributed by atoms with Crippen LogP contribution in [0, 0.1) is 13.8 Å². The molecule has 0 spiro atoms. The van der Waals surface area contributed by atoms with Crippen LogP contribution in [0.25, 0.3) is 33.7 Å². The van der Waals surface area contributed by atoms with Crippen LogP contribution in [0.3, 0.4) is 0 Å². The molecular formula is C45H56Cl2N6O6. The van der Waals surface area contributed by atoms with Crippen LogP contribution in [-0.2, 0) is 27.9 Å². The van der Waals surface area contributed by atoms with E-state index in [1.54, 1.807) is 12.3 Å². The fourth-order valence-corrected chi connectivity index (χ4v) is 7.93. The number of nitrogens with zero attached hydrogens (tertiary/aromatic N) is 3. The van der Waals surface area contributed by atoms with Gasteiger partial charge in [-0.05, 0) is 96.2 Å². The molecule has 14 heteroatoms. The van der Waals surface area contributed by atoms with Crippen LogP contribution in [0.2, 0.25) is 5.02 Å². The Morgan fingerprint density at radius 3 is 2.51 bits per heavy atom. The van der Waals surface area contributed by atoms with Gasteiger partial charge >= 0.3 is 5.97 Å². The number of amides is 1. The number of halogens is 2. The predicted molar refractivity (Wildman–Crippen MR) is 238 cm³/mol. The largest absolute Gasteiger partial charge is 0.491 e. The van der Waals surface area contributed by atoms with E-state index >= 15 is 0 Å². The first-order valence-electron chi connectivity index (χ1n) is 19.8. The molecule has 1 unspecified atom stereocenters. The minimum Gasteiger partial charge on any atom is -0.491 e. The molecule has 0 saturated carbocycles. The van der Waals surface area contributed by atoms with E-state index < -0.39 is 5.97 Å². The zero-order chi connectivity index (χ0) is 43.0. The number of carbonyl (C=O) groups is 2. The lowest BCUT2D eigenvalue weighted by molar-refractivity contribution is -0.109. The van der Waals surface area contributed by atoms with Crippen LogP contribution in [-0.4, -0.2) is 77.0 Å². The summed E-state index contributed by atoms with van der Waals surface area (Å²) < 4.78 is 22.0. The van der Waals surface area contributed by atoms with E-state index in [4.69, 9.17) is 48.2 Å². The van der Waals surface area contributed by atoms with Crippen molar-refractivity contribution >= 4 is 63.8 Å². The number of carboxylic acid groups (broad SMARTS) is 1. The van der Waals surface area contributed by atoms with Gasteiger partial charge in [-0.25, -0.2) is 4.79 Å². The summed E-state index contributed by atoms with van der Waals surface area (Å²) in [6, 6.07) is 7.54. The van der Waals surface area contributed by atoms with E-state index in [0.29, 0.717) is 84.9 Å². The number of allylic oxidation sites excluding steroid dienone is 4. The smallest absolute Gasteiger partial charge is 0.337 e. The monoisotopic (exact) mass is 846 g/mol. The molecule has 1 atom stereocenters. The number of carbonyl (C=O) groups excluding carboxylic acids is 1. The average Bonchev–Trinajstić information content (AvgIpc) is 3.66. The first kappa shape index (κ1) is 45.1. The summed E-state index contributed by atoms with van der Waals surface area (Å²) >= 11 is 13.6. The number of nitrogens with two attached hydrogens (primary N) is 1. The molecule has 5 N–H and O–H groups in total. The van der Waals surface area contributed by atoms with Gasteiger partial charge < -0.3 is 40.3 Å². The van der Waals surface area contributed by atoms with Gasteiger partial charge in [0.25, 0.3) is 0 Å². The molecule has 5 rings (SSSR count). The number of anilines is 1. The Morgan fingerprint density at radius 2 is 1.86 bits per heavy atom. The standard InChI is InChI=1S/C45H56Cl2N6O6/c1-26(2)57-16-17-59-35-21-33(44-37(22-35)38(45(55)56)24-53(44)23-29(5)48)20-32(10-9-15-58-34-18-27(3)42(47)28(4)19-34)36-11-12-39(46)41(43(36)50-14-13-49-25-54)40-30(6)51-52(8)31(40)7/h11-12,18,20-22,24-26,34,50H,5,9-10,13-17,19,23,48H2,1-4,6-8H3,(H,49,54)(H,55,56)/b32-20+. The van der Waals surface area contributed by atoms with Crippen molar-refractivity contribution in [2.24, 2.45) is 12.8 Å². The molecule has 59 heavy (non-hydrogen) atoms. The first-order valence-corrected chi connectivity index (χ1v) is 20.5. The Bertz CT molecular complexity index is 2300. The second-order valence-electron chi connectivity index (χ2n) is 15.2. The normalized spacial score (nSPS) is 14.6. The van der Waals surface area contributed by atoms with E-state index in [9.17, 15) is 14.7 Å². The van der Waals surface area contributed by atoms with Gasteiger partial charge in [0.1, 0.15) is 12.4 Å². The van der Waals surface area contributed by atoms with Crippen molar-refractivity contribution < 1.29 is 28.9 Å². The van der Waals surface area contributed by atoms with Crippen molar-refractivity contribution in [3.05, 3.63) is 98.1 Å². The Kier molecular flexibility index (Phi) is 15.5. The second-order valence-corrected chi connectivity index (χ2v) is 15.9. The highest BCUT2D eigenvalue weighted by atomic mass is 35.5. The van der Waals surface area contributed by atoms with Gasteiger partial charge in [-0.15, -0.1) is 0 Å². The van der Waals surface area contributed by atoms with E-state index in [1.807, 2.05) is 76.0 Å². The minimum absolute atomic E-state index is 0.0279. The number of hydrogen-bond acceptors (Lipinski definition) is 8. The SMILES string of the molecule is C=C(N)Cn1cc(C(=O)O)c2cc(OCCOC(C)C)cc(/C=C(\CCCOC3C=C(C)C(Cl)=C(C)C3)c3ccc(Cl)c(-c4c(C)nn(C)c4C)c3NCCNC=O)c21. The number of carboxylic acids is 1. The van der Waals surface area contributed by atoms with Crippen molar-refractivity contribution in [3.8, 4) is 16.9 Å². The second kappa shape index (κ2) is 20.3. The van der Waals surface area contributed by atoms with Crippen molar-refractivity contribution in [1.29, 1.82) is 0 Å². The Labute approximate surface area is 356 Å². The van der Waals surface area contributed by atoms with Gasteiger partial charge in [-0.3, -0.25) is 9.48 Å². The molecule has 1 amide bonds.